The van der Waals surface area contributed by atoms with Crippen molar-refractivity contribution in [3.63, 3.8) is 0 Å². The van der Waals surface area contributed by atoms with Crippen LogP contribution >= 0.6 is 7.26 Å². The number of ether oxygens (including phenoxy) is 1. The molecule has 0 spiro atoms. The number of nitrogens with one attached hydrogen (secondary N) is 1. The molecule has 2 unspecified atom stereocenters. The maximum Gasteiger partial charge on any atom is 0.321 e. The van der Waals surface area contributed by atoms with Crippen LogP contribution in [0.4, 0.5) is 0 Å². The molecule has 1 amide bonds. The van der Waals surface area contributed by atoms with Gasteiger partial charge in [-0.3, -0.25) is 9.59 Å². The van der Waals surface area contributed by atoms with E-state index >= 15 is 0 Å². The third-order valence-electron chi connectivity index (χ3n) is 7.81. The number of esters is 1. The molecule has 208 valence electrons. The summed E-state index contributed by atoms with van der Waals surface area (Å²) >= 11 is 0. The first-order chi connectivity index (χ1) is 18.7. The Bertz CT molecular complexity index is 1390. The normalized spacial score (nSPS) is 20.5. The zero-order valence-electron chi connectivity index (χ0n) is 23.6. The first-order valence-corrected chi connectivity index (χ1v) is 15.5. The van der Waals surface area contributed by atoms with Crippen molar-refractivity contribution in [3.8, 4) is 0 Å². The fourth-order valence-corrected chi connectivity index (χ4v) is 11.3. The van der Waals surface area contributed by atoms with E-state index in [4.69, 9.17) is 4.74 Å². The van der Waals surface area contributed by atoms with Crippen LogP contribution in [0, 0.1) is 6.92 Å². The van der Waals surface area contributed by atoms with Crippen LogP contribution in [-0.2, 0) is 19.7 Å². The minimum absolute atomic E-state index is 0. The van der Waals surface area contributed by atoms with Gasteiger partial charge >= 0.3 is 5.97 Å². The molecule has 1 N–H and O–H groups in total. The van der Waals surface area contributed by atoms with Crippen LogP contribution in [0.3, 0.4) is 0 Å². The molecule has 3 aromatic rings. The van der Waals surface area contributed by atoms with Crippen molar-refractivity contribution in [2.75, 3.05) is 6.54 Å². The van der Waals surface area contributed by atoms with Crippen LogP contribution in [0.15, 0.2) is 103 Å². The van der Waals surface area contributed by atoms with E-state index in [1.54, 1.807) is 0 Å². The highest BCUT2D eigenvalue weighted by Gasteiger charge is 2.58. The van der Waals surface area contributed by atoms with E-state index in [1.165, 1.54) is 10.6 Å². The Labute approximate surface area is 249 Å². The molecule has 6 heteroatoms. The van der Waals surface area contributed by atoms with Gasteiger partial charge < -0.3 is 27.0 Å². The predicted molar refractivity (Wildman–Crippen MR) is 162 cm³/mol. The van der Waals surface area contributed by atoms with Gasteiger partial charge in [0.15, 0.2) is 5.66 Å². The number of amides is 1. The van der Waals surface area contributed by atoms with Crippen molar-refractivity contribution in [1.29, 1.82) is 0 Å². The number of rotatable bonds is 6. The van der Waals surface area contributed by atoms with Crippen LogP contribution in [0.5, 0.6) is 0 Å². The van der Waals surface area contributed by atoms with Gasteiger partial charge in [-0.1, -0.05) is 72.8 Å². The summed E-state index contributed by atoms with van der Waals surface area (Å²) in [6.45, 7) is 8.51. The van der Waals surface area contributed by atoms with Gasteiger partial charge in [0.05, 0.1) is 0 Å². The van der Waals surface area contributed by atoms with Crippen LogP contribution < -0.4 is 38.2 Å². The molecule has 40 heavy (non-hydrogen) atoms. The van der Waals surface area contributed by atoms with Gasteiger partial charge in [0.1, 0.15) is 34.2 Å². The molecule has 0 bridgehead atoms. The Kier molecular flexibility index (Phi) is 8.87. The molecule has 0 aromatic heterocycles. The van der Waals surface area contributed by atoms with Gasteiger partial charge in [0.2, 0.25) is 0 Å². The van der Waals surface area contributed by atoms with Crippen LogP contribution in [0.2, 0.25) is 0 Å². The fraction of sp³-hybridized carbons (Fsp3) is 0.294. The summed E-state index contributed by atoms with van der Waals surface area (Å²) in [6, 6.07) is 27.3. The topological polar surface area (TPSA) is 55.4 Å². The Morgan fingerprint density at radius 2 is 1.55 bits per heavy atom. The summed E-state index contributed by atoms with van der Waals surface area (Å²) < 4.78 is 6.02. The molecule has 1 saturated heterocycles. The lowest BCUT2D eigenvalue weighted by molar-refractivity contribution is -0.160. The molecule has 0 radical (unpaired) electrons. The molecule has 1 heterocycles. The van der Waals surface area contributed by atoms with Gasteiger partial charge in [-0.2, -0.15) is 0 Å². The molecule has 4 nitrogen and oxygen atoms in total. The standard InChI is InChI=1S/C34H36NO3P.BrH/c1-25-28(34(22-12-7-13-23-34)32(37)38-33(2,3)4)19-14-20-29(25)39(26-15-8-5-9-16-26,27-17-10-6-11-18-27)30-21-24-35-31(30)36;/h5-20,22,30H,21,23-24H2,1-4H3;1H. The second kappa shape index (κ2) is 11.8. The SMILES string of the molecule is Cc1c(C2(C(=O)OC(C)(C)C)C=CC=CC2)cccc1[P+](c1ccccc1)(c1ccccc1)C1CCNC1=O.[Br-]. The summed E-state index contributed by atoms with van der Waals surface area (Å²) in [5.74, 6) is -0.152. The molecular weight excluding hydrogens is 581 g/mol. The van der Waals surface area contributed by atoms with Gasteiger partial charge in [-0.15, -0.1) is 0 Å². The minimum Gasteiger partial charge on any atom is -1.00 e. The van der Waals surface area contributed by atoms with E-state index in [0.29, 0.717) is 13.0 Å². The quantitative estimate of drug-likeness (QED) is 0.341. The average Bonchev–Trinajstić information content (AvgIpc) is 3.36. The molecule has 1 fully saturated rings. The predicted octanol–water partition coefficient (Wildman–Crippen LogP) is 2.28. The second-order valence-corrected chi connectivity index (χ2v) is 15.0. The van der Waals surface area contributed by atoms with Crippen LogP contribution in [0.1, 0.15) is 44.7 Å². The van der Waals surface area contributed by atoms with E-state index in [2.05, 4.69) is 79.0 Å². The number of carbonyl (C=O) groups excluding carboxylic acids is 2. The Morgan fingerprint density at radius 1 is 0.925 bits per heavy atom. The van der Waals surface area contributed by atoms with E-state index in [1.807, 2.05) is 57.2 Å². The Hall–Kier alpha value is -3.01. The maximum atomic E-state index is 13.9. The molecule has 0 saturated carbocycles. The van der Waals surface area contributed by atoms with Gasteiger partial charge in [-0.05, 0) is 75.6 Å². The highest BCUT2D eigenvalue weighted by atomic mass is 79.9. The third kappa shape index (κ3) is 5.22. The summed E-state index contributed by atoms with van der Waals surface area (Å²) in [4.78, 5) is 27.5. The van der Waals surface area contributed by atoms with Crippen molar-refractivity contribution in [1.82, 2.24) is 5.32 Å². The van der Waals surface area contributed by atoms with Gasteiger partial charge in [0, 0.05) is 13.0 Å². The van der Waals surface area contributed by atoms with Crippen LogP contribution in [0.25, 0.3) is 0 Å². The van der Waals surface area contributed by atoms with E-state index in [-0.39, 0.29) is 34.5 Å². The number of halogens is 1. The van der Waals surface area contributed by atoms with Crippen molar-refractivity contribution in [3.05, 3.63) is 114 Å². The Balaban J connectivity index is 0.00000370. The van der Waals surface area contributed by atoms with E-state index in [9.17, 15) is 9.59 Å². The smallest absolute Gasteiger partial charge is 0.321 e. The number of carbonyl (C=O) groups is 2. The summed E-state index contributed by atoms with van der Waals surface area (Å²) in [7, 11) is -2.48. The first kappa shape index (κ1) is 30.0. The van der Waals surface area contributed by atoms with Crippen molar-refractivity contribution in [2.24, 2.45) is 0 Å². The van der Waals surface area contributed by atoms with Crippen molar-refractivity contribution < 1.29 is 31.3 Å². The highest BCUT2D eigenvalue weighted by molar-refractivity contribution is 7.97. The fourth-order valence-electron chi connectivity index (χ4n) is 6.17. The minimum atomic E-state index is -2.48. The largest absolute Gasteiger partial charge is 1.00 e. The van der Waals surface area contributed by atoms with Gasteiger partial charge in [-0.25, -0.2) is 0 Å². The van der Waals surface area contributed by atoms with Crippen LogP contribution in [-0.4, -0.2) is 29.7 Å². The molecule has 1 aliphatic heterocycles. The number of allylic oxidation sites excluding steroid dienone is 3. The molecule has 2 atom stereocenters. The van der Waals surface area contributed by atoms with Crippen molar-refractivity contribution in [2.45, 2.75) is 57.2 Å². The third-order valence-corrected chi connectivity index (χ3v) is 12.7. The highest BCUT2D eigenvalue weighted by Crippen LogP contribution is 2.62. The molecule has 1 aliphatic carbocycles. The first-order valence-electron chi connectivity index (χ1n) is 13.7. The maximum absolute atomic E-state index is 13.9. The number of hydrogen-bond acceptors (Lipinski definition) is 3. The average molecular weight is 619 g/mol. The lowest BCUT2D eigenvalue weighted by Gasteiger charge is -2.37. The van der Waals surface area contributed by atoms with Gasteiger partial charge in [0.25, 0.3) is 5.91 Å². The van der Waals surface area contributed by atoms with E-state index < -0.39 is 18.3 Å². The molecule has 5 rings (SSSR count). The zero-order chi connectivity index (χ0) is 27.7. The number of benzene rings is 3. The summed E-state index contributed by atoms with van der Waals surface area (Å²) in [5, 5.41) is 6.61. The lowest BCUT2D eigenvalue weighted by Crippen LogP contribution is -3.00. The molecule has 2 aliphatic rings. The molecule has 3 aromatic carbocycles. The molecular formula is C34H37BrNO3P. The monoisotopic (exact) mass is 617 g/mol. The lowest BCUT2D eigenvalue weighted by atomic mass is 9.73. The summed E-state index contributed by atoms with van der Waals surface area (Å²) in [5.41, 5.74) is 0.226. The zero-order valence-corrected chi connectivity index (χ0v) is 26.0. The summed E-state index contributed by atoms with van der Waals surface area (Å²) in [6.07, 6.45) is 9.24. The second-order valence-electron chi connectivity index (χ2n) is 11.4. The number of hydrogen-bond donors (Lipinski definition) is 1. The Morgan fingerprint density at radius 3 is 2.05 bits per heavy atom. The van der Waals surface area contributed by atoms with E-state index in [0.717, 1.165) is 22.9 Å². The van der Waals surface area contributed by atoms with Crippen molar-refractivity contribution >= 4 is 35.1 Å².